The van der Waals surface area contributed by atoms with Crippen LogP contribution in [0.2, 0.25) is 0 Å². The van der Waals surface area contributed by atoms with E-state index in [1.807, 2.05) is 36.4 Å². The Bertz CT molecular complexity index is 509. The van der Waals surface area contributed by atoms with E-state index < -0.39 is 0 Å². The van der Waals surface area contributed by atoms with Crippen molar-refractivity contribution in [2.24, 2.45) is 10.2 Å². The molecule has 0 saturated heterocycles. The predicted molar refractivity (Wildman–Crippen MR) is 69.2 cm³/mol. The van der Waals surface area contributed by atoms with Gasteiger partial charge in [-0.3, -0.25) is 0 Å². The Labute approximate surface area is 102 Å². The maximum Gasteiger partial charge on any atom is 0.1000 e. The van der Waals surface area contributed by atoms with Gasteiger partial charge in [-0.25, -0.2) is 0 Å². The second-order valence-electron chi connectivity index (χ2n) is 3.25. The summed E-state index contributed by atoms with van der Waals surface area (Å²) in [5, 5.41) is 8.26. The fraction of sp³-hybridized carbons (Fsp3) is 0. The Kier molecular flexibility index (Phi) is 3.31. The number of nitrogens with two attached hydrogens (primary N) is 1. The molecule has 0 amide bonds. The van der Waals surface area contributed by atoms with E-state index in [0.717, 1.165) is 15.8 Å². The van der Waals surface area contributed by atoms with Crippen LogP contribution < -0.4 is 5.73 Å². The molecule has 16 heavy (non-hydrogen) atoms. The third-order valence-electron chi connectivity index (χ3n) is 2.00. The molecule has 2 aromatic rings. The number of nitrogen functional groups attached to an aromatic ring is 1. The average molecular weight is 276 g/mol. The van der Waals surface area contributed by atoms with Gasteiger partial charge in [0, 0.05) is 10.2 Å². The number of azo groups is 1. The highest BCUT2D eigenvalue weighted by atomic mass is 79.9. The number of hydrogen-bond donors (Lipinski definition) is 1. The third-order valence-corrected chi connectivity index (χ3v) is 2.64. The van der Waals surface area contributed by atoms with Gasteiger partial charge in [0.2, 0.25) is 0 Å². The van der Waals surface area contributed by atoms with Gasteiger partial charge in [0.15, 0.2) is 0 Å². The van der Waals surface area contributed by atoms with E-state index in [1.165, 1.54) is 0 Å². The smallest absolute Gasteiger partial charge is 0.1000 e. The minimum Gasteiger partial charge on any atom is -0.399 e. The molecule has 0 unspecified atom stereocenters. The molecule has 0 spiro atoms. The minimum absolute atomic E-state index is 0.700. The largest absolute Gasteiger partial charge is 0.399 e. The Morgan fingerprint density at radius 3 is 2.38 bits per heavy atom. The van der Waals surface area contributed by atoms with Crippen molar-refractivity contribution >= 4 is 33.0 Å². The molecule has 0 aliphatic carbocycles. The van der Waals surface area contributed by atoms with Gasteiger partial charge >= 0.3 is 0 Å². The second kappa shape index (κ2) is 4.90. The quantitative estimate of drug-likeness (QED) is 0.639. The number of hydrogen-bond acceptors (Lipinski definition) is 3. The van der Waals surface area contributed by atoms with E-state index in [9.17, 15) is 0 Å². The van der Waals surface area contributed by atoms with Crippen LogP contribution in [0.4, 0.5) is 17.1 Å². The topological polar surface area (TPSA) is 50.7 Å². The van der Waals surface area contributed by atoms with Crippen molar-refractivity contribution in [1.82, 2.24) is 0 Å². The summed E-state index contributed by atoms with van der Waals surface area (Å²) in [7, 11) is 0. The van der Waals surface area contributed by atoms with Gasteiger partial charge in [-0.15, -0.1) is 5.11 Å². The molecule has 3 nitrogen and oxygen atoms in total. The molecule has 0 radical (unpaired) electrons. The van der Waals surface area contributed by atoms with E-state index in [2.05, 4.69) is 26.2 Å². The summed E-state index contributed by atoms with van der Waals surface area (Å²) in [6, 6.07) is 15.0. The first-order valence-corrected chi connectivity index (χ1v) is 5.57. The molecule has 0 heterocycles. The molecule has 2 rings (SSSR count). The molecule has 0 aliphatic rings. The van der Waals surface area contributed by atoms with Crippen LogP contribution in [0.3, 0.4) is 0 Å². The van der Waals surface area contributed by atoms with Crippen molar-refractivity contribution in [2.75, 3.05) is 5.73 Å². The lowest BCUT2D eigenvalue weighted by Gasteiger charge is -1.98. The monoisotopic (exact) mass is 275 g/mol. The Morgan fingerprint density at radius 1 is 0.938 bits per heavy atom. The van der Waals surface area contributed by atoms with Crippen molar-refractivity contribution in [3.8, 4) is 0 Å². The number of halogens is 1. The fourth-order valence-corrected chi connectivity index (χ4v) is 1.69. The highest BCUT2D eigenvalue weighted by Crippen LogP contribution is 2.28. The number of nitrogens with zero attached hydrogens (tertiary/aromatic N) is 2. The number of benzene rings is 2. The van der Waals surface area contributed by atoms with Crippen LogP contribution in [0.25, 0.3) is 0 Å². The van der Waals surface area contributed by atoms with Gasteiger partial charge < -0.3 is 5.73 Å². The molecule has 0 aromatic heterocycles. The zero-order valence-electron chi connectivity index (χ0n) is 8.47. The van der Waals surface area contributed by atoms with Crippen molar-refractivity contribution in [1.29, 1.82) is 0 Å². The second-order valence-corrected chi connectivity index (χ2v) is 4.10. The van der Waals surface area contributed by atoms with Crippen LogP contribution in [0, 0.1) is 0 Å². The zero-order chi connectivity index (χ0) is 11.4. The van der Waals surface area contributed by atoms with Gasteiger partial charge in [-0.05, 0) is 46.3 Å². The maximum absolute atomic E-state index is 5.63. The lowest BCUT2D eigenvalue weighted by molar-refractivity contribution is 1.22. The summed E-state index contributed by atoms with van der Waals surface area (Å²) < 4.78 is 0.840. The first-order valence-electron chi connectivity index (χ1n) is 4.77. The molecule has 0 fully saturated rings. The van der Waals surface area contributed by atoms with Crippen molar-refractivity contribution in [3.63, 3.8) is 0 Å². The highest BCUT2D eigenvalue weighted by molar-refractivity contribution is 9.10. The van der Waals surface area contributed by atoms with Crippen molar-refractivity contribution in [3.05, 3.63) is 53.0 Å². The van der Waals surface area contributed by atoms with Crippen LogP contribution in [-0.2, 0) is 0 Å². The number of rotatable bonds is 2. The van der Waals surface area contributed by atoms with Crippen LogP contribution in [0.1, 0.15) is 0 Å². The molecule has 0 bridgehead atoms. The average Bonchev–Trinajstić information content (AvgIpc) is 2.29. The third kappa shape index (κ3) is 2.67. The summed E-state index contributed by atoms with van der Waals surface area (Å²) in [5.41, 5.74) is 7.92. The van der Waals surface area contributed by atoms with Crippen LogP contribution in [0.15, 0.2) is 63.2 Å². The van der Waals surface area contributed by atoms with E-state index >= 15 is 0 Å². The van der Waals surface area contributed by atoms with Gasteiger partial charge in [-0.1, -0.05) is 18.2 Å². The molecule has 0 atom stereocenters. The first kappa shape index (κ1) is 10.8. The summed E-state index contributed by atoms with van der Waals surface area (Å²) in [6.07, 6.45) is 0. The van der Waals surface area contributed by atoms with Crippen LogP contribution in [0.5, 0.6) is 0 Å². The van der Waals surface area contributed by atoms with Crippen LogP contribution >= 0.6 is 15.9 Å². The molecule has 0 saturated carbocycles. The summed E-state index contributed by atoms with van der Waals surface area (Å²) in [6.45, 7) is 0. The van der Waals surface area contributed by atoms with Gasteiger partial charge in [0.25, 0.3) is 0 Å². The minimum atomic E-state index is 0.700. The Hall–Kier alpha value is -1.68. The lowest BCUT2D eigenvalue weighted by atomic mass is 10.3. The fourth-order valence-electron chi connectivity index (χ4n) is 1.21. The normalized spacial score (nSPS) is 10.8. The maximum atomic E-state index is 5.63. The van der Waals surface area contributed by atoms with E-state index in [1.54, 1.807) is 12.1 Å². The molecule has 80 valence electrons. The Balaban J connectivity index is 2.24. The van der Waals surface area contributed by atoms with E-state index in [4.69, 9.17) is 5.73 Å². The first-order chi connectivity index (χ1) is 7.75. The van der Waals surface area contributed by atoms with Gasteiger partial charge in [0.1, 0.15) is 0 Å². The van der Waals surface area contributed by atoms with E-state index in [-0.39, 0.29) is 0 Å². The van der Waals surface area contributed by atoms with E-state index in [0.29, 0.717) is 5.69 Å². The summed E-state index contributed by atoms with van der Waals surface area (Å²) in [5.74, 6) is 0. The molecule has 4 heteroatoms. The molecule has 2 N–H and O–H groups in total. The molecular weight excluding hydrogens is 266 g/mol. The predicted octanol–water partition coefficient (Wildman–Crippen LogP) is 4.45. The highest BCUT2D eigenvalue weighted by Gasteiger charge is 1.98. The SMILES string of the molecule is Nc1ccc(N=Nc2ccccc2)c(Br)c1. The van der Waals surface area contributed by atoms with Crippen molar-refractivity contribution in [2.45, 2.75) is 0 Å². The Morgan fingerprint density at radius 2 is 1.69 bits per heavy atom. The summed E-state index contributed by atoms with van der Waals surface area (Å²) >= 11 is 3.39. The molecular formula is C12H10BrN3. The summed E-state index contributed by atoms with van der Waals surface area (Å²) in [4.78, 5) is 0. The zero-order valence-corrected chi connectivity index (χ0v) is 10.1. The molecule has 2 aromatic carbocycles. The number of anilines is 1. The van der Waals surface area contributed by atoms with Crippen LogP contribution in [-0.4, -0.2) is 0 Å². The van der Waals surface area contributed by atoms with Gasteiger partial charge in [-0.2, -0.15) is 5.11 Å². The van der Waals surface area contributed by atoms with Crippen molar-refractivity contribution < 1.29 is 0 Å². The lowest BCUT2D eigenvalue weighted by Crippen LogP contribution is -1.82. The van der Waals surface area contributed by atoms with Gasteiger partial charge in [0.05, 0.1) is 11.4 Å². The molecule has 0 aliphatic heterocycles. The standard InChI is InChI=1S/C12H10BrN3/c13-11-8-9(14)6-7-12(11)16-15-10-4-2-1-3-5-10/h1-8H,14H2.